The second-order valence-electron chi connectivity index (χ2n) is 6.31. The Kier molecular flexibility index (Phi) is 4.48. The third-order valence-corrected chi connectivity index (χ3v) is 4.73. The van der Waals surface area contributed by atoms with Gasteiger partial charge in [-0.2, -0.15) is 5.10 Å². The first-order valence-corrected chi connectivity index (χ1v) is 8.19. The maximum atomic E-state index is 12.5. The number of likely N-dealkylation sites (tertiary alicyclic amines) is 1. The summed E-state index contributed by atoms with van der Waals surface area (Å²) in [6.45, 7) is 3.16. The van der Waals surface area contributed by atoms with Crippen molar-refractivity contribution in [1.29, 1.82) is 0 Å². The molecule has 2 heterocycles. The van der Waals surface area contributed by atoms with Gasteiger partial charge in [0, 0.05) is 25.2 Å². The first kappa shape index (κ1) is 15.7. The van der Waals surface area contributed by atoms with Gasteiger partial charge in [0.1, 0.15) is 5.69 Å². The Morgan fingerprint density at radius 1 is 1.30 bits per heavy atom. The number of hydrogen-bond donors (Lipinski definition) is 2. The smallest absolute Gasteiger partial charge is 0.274 e. The number of amides is 1. The highest BCUT2D eigenvalue weighted by Crippen LogP contribution is 2.26. The number of aliphatic hydroxyl groups is 1. The van der Waals surface area contributed by atoms with E-state index in [9.17, 15) is 9.90 Å². The van der Waals surface area contributed by atoms with Crippen molar-refractivity contribution in [2.75, 3.05) is 13.1 Å². The minimum absolute atomic E-state index is 0.0567. The topological polar surface area (TPSA) is 69.2 Å². The van der Waals surface area contributed by atoms with Gasteiger partial charge < -0.3 is 10.0 Å². The van der Waals surface area contributed by atoms with Gasteiger partial charge in [-0.1, -0.05) is 37.3 Å². The van der Waals surface area contributed by atoms with E-state index in [-0.39, 0.29) is 5.91 Å². The Morgan fingerprint density at radius 3 is 2.65 bits per heavy atom. The molecule has 2 N–H and O–H groups in total. The van der Waals surface area contributed by atoms with E-state index in [1.807, 2.05) is 31.2 Å². The lowest BCUT2D eigenvalue weighted by atomic mass is 9.89. The molecule has 0 atom stereocenters. The fourth-order valence-corrected chi connectivity index (χ4v) is 3.02. The van der Waals surface area contributed by atoms with Gasteiger partial charge in [0.2, 0.25) is 0 Å². The number of benzene rings is 1. The molecule has 1 aliphatic heterocycles. The molecule has 5 nitrogen and oxygen atoms in total. The standard InChI is InChI=1S/C18H23N3O2/c1-2-18(23)8-10-21(11-9-18)17(22)16-13-15(19-20-16)12-14-6-4-3-5-7-14/h3-7,13,23H,2,8-12H2,1H3,(H,19,20). The third kappa shape index (κ3) is 3.62. The molecule has 3 rings (SSSR count). The van der Waals surface area contributed by atoms with E-state index >= 15 is 0 Å². The molecule has 1 saturated heterocycles. The van der Waals surface area contributed by atoms with E-state index in [1.165, 1.54) is 5.56 Å². The van der Waals surface area contributed by atoms with Crippen LogP contribution < -0.4 is 0 Å². The van der Waals surface area contributed by atoms with Crippen LogP contribution in [0.4, 0.5) is 0 Å². The maximum Gasteiger partial charge on any atom is 0.274 e. The Morgan fingerprint density at radius 2 is 2.00 bits per heavy atom. The van der Waals surface area contributed by atoms with Gasteiger partial charge in [0.25, 0.3) is 5.91 Å². The van der Waals surface area contributed by atoms with Crippen LogP contribution in [0.5, 0.6) is 0 Å². The average molecular weight is 313 g/mol. The van der Waals surface area contributed by atoms with Gasteiger partial charge >= 0.3 is 0 Å². The van der Waals surface area contributed by atoms with Crippen LogP contribution in [0.15, 0.2) is 36.4 Å². The van der Waals surface area contributed by atoms with Crippen molar-refractivity contribution >= 4 is 5.91 Å². The number of carbonyl (C=O) groups is 1. The van der Waals surface area contributed by atoms with Gasteiger partial charge in [0.15, 0.2) is 0 Å². The predicted molar refractivity (Wildman–Crippen MR) is 88.2 cm³/mol. The van der Waals surface area contributed by atoms with Crippen molar-refractivity contribution in [2.45, 2.75) is 38.2 Å². The number of rotatable bonds is 4. The van der Waals surface area contributed by atoms with Crippen molar-refractivity contribution in [3.05, 3.63) is 53.3 Å². The van der Waals surface area contributed by atoms with Crippen LogP contribution in [-0.2, 0) is 6.42 Å². The second-order valence-corrected chi connectivity index (χ2v) is 6.31. The number of aromatic amines is 1. The van der Waals surface area contributed by atoms with Gasteiger partial charge in [-0.3, -0.25) is 9.89 Å². The lowest BCUT2D eigenvalue weighted by Gasteiger charge is -2.37. The molecule has 0 bridgehead atoms. The first-order valence-electron chi connectivity index (χ1n) is 8.19. The number of nitrogens with one attached hydrogen (secondary N) is 1. The van der Waals surface area contributed by atoms with E-state index < -0.39 is 5.60 Å². The zero-order valence-electron chi connectivity index (χ0n) is 13.5. The molecule has 0 unspecified atom stereocenters. The van der Waals surface area contributed by atoms with Crippen LogP contribution >= 0.6 is 0 Å². The fourth-order valence-electron chi connectivity index (χ4n) is 3.02. The van der Waals surface area contributed by atoms with Gasteiger partial charge in [-0.25, -0.2) is 0 Å². The maximum absolute atomic E-state index is 12.5. The number of aromatic nitrogens is 2. The van der Waals surface area contributed by atoms with Crippen LogP contribution in [0, 0.1) is 0 Å². The Bertz CT molecular complexity index is 658. The lowest BCUT2D eigenvalue weighted by molar-refractivity contribution is -0.0194. The Labute approximate surface area is 136 Å². The molecule has 1 aliphatic rings. The molecule has 5 heteroatoms. The van der Waals surface area contributed by atoms with Crippen molar-refractivity contribution < 1.29 is 9.90 Å². The molecule has 1 aromatic carbocycles. The van der Waals surface area contributed by atoms with Gasteiger partial charge in [-0.15, -0.1) is 0 Å². The summed E-state index contributed by atoms with van der Waals surface area (Å²) in [7, 11) is 0. The predicted octanol–water partition coefficient (Wildman–Crippen LogP) is 2.38. The highest BCUT2D eigenvalue weighted by Gasteiger charge is 2.33. The van der Waals surface area contributed by atoms with Crippen LogP contribution in [0.3, 0.4) is 0 Å². The minimum Gasteiger partial charge on any atom is -0.390 e. The first-order chi connectivity index (χ1) is 11.1. The fraction of sp³-hybridized carbons (Fsp3) is 0.444. The molecule has 122 valence electrons. The molecule has 1 amide bonds. The minimum atomic E-state index is -0.610. The van der Waals surface area contributed by atoms with Crippen LogP contribution in [0.25, 0.3) is 0 Å². The van der Waals surface area contributed by atoms with Gasteiger partial charge in [-0.05, 0) is 30.9 Å². The summed E-state index contributed by atoms with van der Waals surface area (Å²) in [6, 6.07) is 11.9. The van der Waals surface area contributed by atoms with Crippen molar-refractivity contribution in [3.8, 4) is 0 Å². The van der Waals surface area contributed by atoms with E-state index in [2.05, 4.69) is 22.3 Å². The molecule has 0 spiro atoms. The summed E-state index contributed by atoms with van der Waals surface area (Å²) in [4.78, 5) is 14.3. The Balaban J connectivity index is 1.63. The summed E-state index contributed by atoms with van der Waals surface area (Å²) in [6.07, 6.45) is 2.74. The average Bonchev–Trinajstić information content (AvgIpc) is 3.04. The molecule has 23 heavy (non-hydrogen) atoms. The zero-order chi connectivity index (χ0) is 16.3. The van der Waals surface area contributed by atoms with E-state index in [1.54, 1.807) is 4.90 Å². The summed E-state index contributed by atoms with van der Waals surface area (Å²) in [5.41, 5.74) is 1.96. The van der Waals surface area contributed by atoms with Crippen LogP contribution in [0.2, 0.25) is 0 Å². The quantitative estimate of drug-likeness (QED) is 0.910. The van der Waals surface area contributed by atoms with Crippen LogP contribution in [-0.4, -0.2) is 44.8 Å². The molecular weight excluding hydrogens is 290 g/mol. The van der Waals surface area contributed by atoms with Crippen LogP contribution in [0.1, 0.15) is 47.9 Å². The normalized spacial score (nSPS) is 17.2. The van der Waals surface area contributed by atoms with Crippen molar-refractivity contribution in [3.63, 3.8) is 0 Å². The van der Waals surface area contributed by atoms with E-state index in [4.69, 9.17) is 0 Å². The summed E-state index contributed by atoms with van der Waals surface area (Å²) in [5.74, 6) is -0.0567. The van der Waals surface area contributed by atoms with E-state index in [0.717, 1.165) is 18.5 Å². The molecular formula is C18H23N3O2. The third-order valence-electron chi connectivity index (χ3n) is 4.73. The molecule has 0 saturated carbocycles. The summed E-state index contributed by atoms with van der Waals surface area (Å²) < 4.78 is 0. The number of H-pyrrole nitrogens is 1. The number of piperidine rings is 1. The SMILES string of the molecule is CCC1(O)CCN(C(=O)c2cc(Cc3ccccc3)[nH]n2)CC1. The molecule has 0 aliphatic carbocycles. The molecule has 1 fully saturated rings. The zero-order valence-corrected chi connectivity index (χ0v) is 13.5. The summed E-state index contributed by atoms with van der Waals surface area (Å²) in [5, 5.41) is 17.4. The number of carbonyl (C=O) groups excluding carboxylic acids is 1. The van der Waals surface area contributed by atoms with E-state index in [0.29, 0.717) is 31.6 Å². The monoisotopic (exact) mass is 313 g/mol. The molecule has 1 aromatic heterocycles. The summed E-state index contributed by atoms with van der Waals surface area (Å²) >= 11 is 0. The second kappa shape index (κ2) is 6.54. The van der Waals surface area contributed by atoms with Crippen molar-refractivity contribution in [1.82, 2.24) is 15.1 Å². The highest BCUT2D eigenvalue weighted by molar-refractivity contribution is 5.92. The molecule has 2 aromatic rings. The number of nitrogens with zero attached hydrogens (tertiary/aromatic N) is 2. The molecule has 0 radical (unpaired) electrons. The lowest BCUT2D eigenvalue weighted by Crippen LogP contribution is -2.46. The Hall–Kier alpha value is -2.14. The number of hydrogen-bond acceptors (Lipinski definition) is 3. The largest absolute Gasteiger partial charge is 0.390 e. The highest BCUT2D eigenvalue weighted by atomic mass is 16.3. The van der Waals surface area contributed by atoms with Gasteiger partial charge in [0.05, 0.1) is 5.60 Å². The van der Waals surface area contributed by atoms with Crippen molar-refractivity contribution in [2.24, 2.45) is 0 Å².